The third kappa shape index (κ3) is 5.39. The molecule has 1 saturated carbocycles. The first-order valence-electron chi connectivity index (χ1n) is 10.0. The first kappa shape index (κ1) is 21.8. The fourth-order valence-corrected chi connectivity index (χ4v) is 3.12. The predicted molar refractivity (Wildman–Crippen MR) is 124 cm³/mol. The van der Waals surface area contributed by atoms with E-state index in [1.165, 1.54) is 12.4 Å². The molecule has 160 valence electrons. The van der Waals surface area contributed by atoms with E-state index < -0.39 is 11.4 Å². The van der Waals surface area contributed by atoms with Gasteiger partial charge in [0.05, 0.1) is 5.57 Å². The monoisotopic (exact) mass is 417 g/mol. The molecule has 0 saturated heterocycles. The Bertz CT molecular complexity index is 992. The molecule has 0 spiro atoms. The summed E-state index contributed by atoms with van der Waals surface area (Å²) in [7, 11) is 2.01. The first-order valence-corrected chi connectivity index (χ1v) is 10.0. The second-order valence-corrected chi connectivity index (χ2v) is 7.36. The average Bonchev–Trinajstić information content (AvgIpc) is 3.59. The van der Waals surface area contributed by atoms with E-state index in [1.54, 1.807) is 0 Å². The molecule has 7 heteroatoms. The summed E-state index contributed by atoms with van der Waals surface area (Å²) in [4.78, 5) is 30.9. The minimum Gasteiger partial charge on any atom is -0.404 e. The predicted octanol–water partition coefficient (Wildman–Crippen LogP) is 2.78. The first-order chi connectivity index (χ1) is 15.0. The van der Waals surface area contributed by atoms with Crippen molar-refractivity contribution in [2.24, 2.45) is 10.7 Å². The lowest BCUT2D eigenvalue weighted by atomic mass is 10.1. The summed E-state index contributed by atoms with van der Waals surface area (Å²) in [6.07, 6.45) is 4.94. The van der Waals surface area contributed by atoms with Gasteiger partial charge in [-0.3, -0.25) is 14.6 Å². The average molecular weight is 418 g/mol. The van der Waals surface area contributed by atoms with Crippen LogP contribution in [-0.2, 0) is 16.1 Å². The summed E-state index contributed by atoms with van der Waals surface area (Å²) in [6.45, 7) is 3.84. The molecule has 31 heavy (non-hydrogen) atoms. The van der Waals surface area contributed by atoms with Gasteiger partial charge in [0, 0.05) is 43.6 Å². The standard InChI is InChI=1S/C24H27N5O2/c1-3-26-17-19(15-25)22(30)28-24(13-14-24)23(31)27-16-18-9-11-21(12-10-18)29(2)20-7-5-4-6-8-20/h3-12,15,17H,1,13-14,16,25H2,2H3,(H,27,31)(H,28,30)/b19-15+,26-17-. The zero-order chi connectivity index (χ0) is 22.3. The fraction of sp³-hybridized carbons (Fsp3) is 0.208. The normalized spacial score (nSPS) is 14.7. The van der Waals surface area contributed by atoms with Gasteiger partial charge in [0.25, 0.3) is 5.91 Å². The summed E-state index contributed by atoms with van der Waals surface area (Å²) in [5, 5.41) is 5.69. The van der Waals surface area contributed by atoms with Crippen molar-refractivity contribution in [2.45, 2.75) is 24.9 Å². The van der Waals surface area contributed by atoms with Crippen LogP contribution in [0, 0.1) is 0 Å². The Kier molecular flexibility index (Phi) is 6.87. The molecule has 0 aliphatic heterocycles. The lowest BCUT2D eigenvalue weighted by Crippen LogP contribution is -2.49. The molecular weight excluding hydrogens is 390 g/mol. The second-order valence-electron chi connectivity index (χ2n) is 7.36. The maximum absolute atomic E-state index is 12.7. The van der Waals surface area contributed by atoms with Crippen LogP contribution in [0.25, 0.3) is 0 Å². The van der Waals surface area contributed by atoms with Crippen LogP contribution in [0.3, 0.4) is 0 Å². The van der Waals surface area contributed by atoms with Crippen LogP contribution in [-0.4, -0.2) is 30.6 Å². The summed E-state index contributed by atoms with van der Waals surface area (Å²) < 4.78 is 0. The fourth-order valence-electron chi connectivity index (χ4n) is 3.12. The lowest BCUT2D eigenvalue weighted by Gasteiger charge is -2.20. The van der Waals surface area contributed by atoms with Crippen molar-refractivity contribution in [2.75, 3.05) is 11.9 Å². The van der Waals surface area contributed by atoms with Gasteiger partial charge in [-0.05, 0) is 42.7 Å². The van der Waals surface area contributed by atoms with Gasteiger partial charge in [-0.2, -0.15) is 0 Å². The maximum Gasteiger partial charge on any atom is 0.255 e. The number of carbonyl (C=O) groups is 2. The smallest absolute Gasteiger partial charge is 0.255 e. The van der Waals surface area contributed by atoms with Crippen LogP contribution < -0.4 is 21.3 Å². The molecule has 0 atom stereocenters. The van der Waals surface area contributed by atoms with Crippen molar-refractivity contribution in [3.05, 3.63) is 84.7 Å². The SMILES string of the molecule is C=C/N=C\C(=C/N)C(=O)NC1(C(=O)NCc2ccc(N(C)c3ccccc3)cc2)CC1. The van der Waals surface area contributed by atoms with Gasteiger partial charge >= 0.3 is 0 Å². The molecule has 2 amide bonds. The van der Waals surface area contributed by atoms with E-state index in [-0.39, 0.29) is 11.5 Å². The molecule has 1 fully saturated rings. The third-order valence-corrected chi connectivity index (χ3v) is 5.22. The van der Waals surface area contributed by atoms with Crippen molar-refractivity contribution in [1.29, 1.82) is 0 Å². The van der Waals surface area contributed by atoms with Crippen molar-refractivity contribution >= 4 is 29.4 Å². The van der Waals surface area contributed by atoms with Crippen LogP contribution >= 0.6 is 0 Å². The summed E-state index contributed by atoms with van der Waals surface area (Å²) in [6, 6.07) is 18.1. The molecule has 2 aromatic rings. The highest BCUT2D eigenvalue weighted by atomic mass is 16.2. The summed E-state index contributed by atoms with van der Waals surface area (Å²) in [5.74, 6) is -0.641. The van der Waals surface area contributed by atoms with Gasteiger partial charge in [-0.1, -0.05) is 36.9 Å². The third-order valence-electron chi connectivity index (χ3n) is 5.22. The Morgan fingerprint density at radius 2 is 1.77 bits per heavy atom. The minimum absolute atomic E-state index is 0.178. The van der Waals surface area contributed by atoms with Gasteiger partial charge in [-0.15, -0.1) is 0 Å². The number of para-hydroxylation sites is 1. The zero-order valence-electron chi connectivity index (χ0n) is 17.5. The zero-order valence-corrected chi connectivity index (χ0v) is 17.5. The van der Waals surface area contributed by atoms with Crippen molar-refractivity contribution in [1.82, 2.24) is 10.6 Å². The highest BCUT2D eigenvalue weighted by Gasteiger charge is 2.51. The molecule has 1 aliphatic rings. The Morgan fingerprint density at radius 1 is 1.13 bits per heavy atom. The van der Waals surface area contributed by atoms with E-state index in [4.69, 9.17) is 5.73 Å². The quantitative estimate of drug-likeness (QED) is 0.431. The topological polar surface area (TPSA) is 99.8 Å². The molecular formula is C24H27N5O2. The number of anilines is 2. The van der Waals surface area contributed by atoms with Crippen LogP contribution in [0.1, 0.15) is 18.4 Å². The van der Waals surface area contributed by atoms with Crippen LogP contribution in [0.15, 0.2) is 84.1 Å². The Labute approximate surface area is 182 Å². The molecule has 4 N–H and O–H groups in total. The van der Waals surface area contributed by atoms with Gasteiger partial charge < -0.3 is 21.3 Å². The number of hydrogen-bond donors (Lipinski definition) is 3. The number of hydrogen-bond acceptors (Lipinski definition) is 5. The van der Waals surface area contributed by atoms with Crippen LogP contribution in [0.2, 0.25) is 0 Å². The van der Waals surface area contributed by atoms with Gasteiger partial charge in [0.1, 0.15) is 5.54 Å². The highest BCUT2D eigenvalue weighted by molar-refractivity contribution is 6.13. The van der Waals surface area contributed by atoms with Crippen molar-refractivity contribution < 1.29 is 9.59 Å². The molecule has 0 unspecified atom stereocenters. The van der Waals surface area contributed by atoms with E-state index >= 15 is 0 Å². The highest BCUT2D eigenvalue weighted by Crippen LogP contribution is 2.36. The Hall–Kier alpha value is -3.87. The lowest BCUT2D eigenvalue weighted by molar-refractivity contribution is -0.128. The van der Waals surface area contributed by atoms with Crippen LogP contribution in [0.4, 0.5) is 11.4 Å². The molecule has 0 radical (unpaired) electrons. The summed E-state index contributed by atoms with van der Waals surface area (Å²) >= 11 is 0. The number of benzene rings is 2. The number of carbonyl (C=O) groups excluding carboxylic acids is 2. The minimum atomic E-state index is -0.888. The van der Waals surface area contributed by atoms with E-state index in [9.17, 15) is 9.59 Å². The molecule has 3 rings (SSSR count). The maximum atomic E-state index is 12.7. The van der Waals surface area contributed by atoms with E-state index in [2.05, 4.69) is 27.1 Å². The molecule has 0 heterocycles. The Morgan fingerprint density at radius 3 is 2.35 bits per heavy atom. The number of nitrogens with one attached hydrogen (secondary N) is 2. The van der Waals surface area contributed by atoms with Gasteiger partial charge in [0.2, 0.25) is 5.91 Å². The van der Waals surface area contributed by atoms with Crippen LogP contribution in [0.5, 0.6) is 0 Å². The number of rotatable bonds is 9. The van der Waals surface area contributed by atoms with E-state index in [0.29, 0.717) is 19.4 Å². The summed E-state index contributed by atoms with van der Waals surface area (Å²) in [5.41, 5.74) is 7.89. The number of nitrogens with zero attached hydrogens (tertiary/aromatic N) is 2. The number of amides is 2. The van der Waals surface area contributed by atoms with Gasteiger partial charge in [-0.25, -0.2) is 0 Å². The second kappa shape index (κ2) is 9.75. The molecule has 7 nitrogen and oxygen atoms in total. The van der Waals surface area contributed by atoms with E-state index in [1.807, 2.05) is 61.6 Å². The number of aliphatic imine (C=N–C) groups is 1. The largest absolute Gasteiger partial charge is 0.404 e. The molecule has 0 aromatic heterocycles. The van der Waals surface area contributed by atoms with Crippen molar-refractivity contribution in [3.63, 3.8) is 0 Å². The molecule has 1 aliphatic carbocycles. The van der Waals surface area contributed by atoms with Gasteiger partial charge in [0.15, 0.2) is 0 Å². The molecule has 0 bridgehead atoms. The number of nitrogens with two attached hydrogens (primary N) is 1. The molecule has 2 aromatic carbocycles. The van der Waals surface area contributed by atoms with E-state index in [0.717, 1.165) is 23.1 Å². The van der Waals surface area contributed by atoms with Crippen molar-refractivity contribution in [3.8, 4) is 0 Å². The Balaban J connectivity index is 1.56.